The fourth-order valence-corrected chi connectivity index (χ4v) is 1.53. The van der Waals surface area contributed by atoms with E-state index in [-0.39, 0.29) is 11.6 Å². The minimum Gasteiger partial charge on any atom is -0.453 e. The second kappa shape index (κ2) is 4.93. The number of nitrogens with one attached hydrogen (secondary N) is 1. The van der Waals surface area contributed by atoms with Crippen LogP contribution in [0.2, 0.25) is 0 Å². The molecule has 0 radical (unpaired) electrons. The second-order valence-corrected chi connectivity index (χ2v) is 3.27. The second-order valence-electron chi connectivity index (χ2n) is 3.27. The normalized spacial score (nSPS) is 21.6. The van der Waals surface area contributed by atoms with Crippen LogP contribution >= 0.6 is 0 Å². The first kappa shape index (κ1) is 10.9. The van der Waals surface area contributed by atoms with Crippen molar-refractivity contribution in [2.45, 2.75) is 31.7 Å². The minimum atomic E-state index is -1.57. The number of allylic oxidation sites excluding steroid dienone is 1. The van der Waals surface area contributed by atoms with Gasteiger partial charge in [-0.1, -0.05) is 0 Å². The van der Waals surface area contributed by atoms with Gasteiger partial charge in [0.2, 0.25) is 0 Å². The third-order valence-corrected chi connectivity index (χ3v) is 2.36. The van der Waals surface area contributed by atoms with Gasteiger partial charge in [0.1, 0.15) is 0 Å². The lowest BCUT2D eigenvalue weighted by atomic mass is 9.92. The Kier molecular flexibility index (Phi) is 3.85. The monoisotopic (exact) mass is 205 g/mol. The van der Waals surface area contributed by atoms with E-state index in [4.69, 9.17) is 0 Å². The molecule has 1 amide bonds. The van der Waals surface area contributed by atoms with Crippen LogP contribution in [0.4, 0.5) is 13.6 Å². The van der Waals surface area contributed by atoms with Crippen LogP contribution in [0.5, 0.6) is 0 Å². The SMILES string of the molecule is COC(=O)NC1CCC(=C(F)F)CC1. The molecule has 80 valence electrons. The summed E-state index contributed by atoms with van der Waals surface area (Å²) in [4.78, 5) is 10.8. The maximum Gasteiger partial charge on any atom is 0.407 e. The summed E-state index contributed by atoms with van der Waals surface area (Å²) >= 11 is 0. The highest BCUT2D eigenvalue weighted by atomic mass is 19.3. The van der Waals surface area contributed by atoms with Crippen LogP contribution < -0.4 is 5.32 Å². The molecular formula is C9H13F2NO2. The summed E-state index contributed by atoms with van der Waals surface area (Å²) in [6.45, 7) is 0. The Morgan fingerprint density at radius 1 is 1.43 bits per heavy atom. The van der Waals surface area contributed by atoms with Gasteiger partial charge in [0.05, 0.1) is 7.11 Å². The summed E-state index contributed by atoms with van der Waals surface area (Å²) in [5.74, 6) is 0. The van der Waals surface area contributed by atoms with Crippen molar-refractivity contribution in [3.8, 4) is 0 Å². The van der Waals surface area contributed by atoms with Crippen molar-refractivity contribution in [3.05, 3.63) is 11.7 Å². The van der Waals surface area contributed by atoms with Crippen LogP contribution in [0, 0.1) is 0 Å². The van der Waals surface area contributed by atoms with Crippen molar-refractivity contribution in [2.75, 3.05) is 7.11 Å². The topological polar surface area (TPSA) is 38.3 Å². The molecule has 0 aliphatic heterocycles. The predicted molar refractivity (Wildman–Crippen MR) is 47.0 cm³/mol. The highest BCUT2D eigenvalue weighted by molar-refractivity contribution is 5.67. The van der Waals surface area contributed by atoms with Gasteiger partial charge < -0.3 is 10.1 Å². The van der Waals surface area contributed by atoms with Gasteiger partial charge in [-0.3, -0.25) is 0 Å². The molecule has 5 heteroatoms. The minimum absolute atomic E-state index is 0.0365. The fraction of sp³-hybridized carbons (Fsp3) is 0.667. The molecule has 14 heavy (non-hydrogen) atoms. The van der Waals surface area contributed by atoms with Crippen LogP contribution in [-0.2, 0) is 4.74 Å². The van der Waals surface area contributed by atoms with Gasteiger partial charge in [-0.2, -0.15) is 8.78 Å². The van der Waals surface area contributed by atoms with E-state index in [0.29, 0.717) is 25.7 Å². The first-order chi connectivity index (χ1) is 6.63. The van der Waals surface area contributed by atoms with Gasteiger partial charge in [0.15, 0.2) is 0 Å². The van der Waals surface area contributed by atoms with Crippen molar-refractivity contribution >= 4 is 6.09 Å². The number of ether oxygens (including phenoxy) is 1. The smallest absolute Gasteiger partial charge is 0.407 e. The van der Waals surface area contributed by atoms with Crippen molar-refractivity contribution in [2.24, 2.45) is 0 Å². The van der Waals surface area contributed by atoms with Gasteiger partial charge in [0.25, 0.3) is 6.08 Å². The Hall–Kier alpha value is -1.13. The average Bonchev–Trinajstić information content (AvgIpc) is 2.18. The van der Waals surface area contributed by atoms with Crippen LogP contribution in [-0.4, -0.2) is 19.2 Å². The summed E-state index contributed by atoms with van der Waals surface area (Å²) in [6.07, 6.45) is -0.234. The Balaban J connectivity index is 2.36. The molecule has 1 aliphatic rings. The lowest BCUT2D eigenvalue weighted by Crippen LogP contribution is -2.36. The van der Waals surface area contributed by atoms with Crippen molar-refractivity contribution in [1.82, 2.24) is 5.32 Å². The molecule has 0 unspecified atom stereocenters. The average molecular weight is 205 g/mol. The zero-order valence-electron chi connectivity index (χ0n) is 7.98. The third-order valence-electron chi connectivity index (χ3n) is 2.36. The predicted octanol–water partition coefficient (Wildman–Crippen LogP) is 2.44. The van der Waals surface area contributed by atoms with E-state index < -0.39 is 12.2 Å². The lowest BCUT2D eigenvalue weighted by Gasteiger charge is -2.23. The van der Waals surface area contributed by atoms with Gasteiger partial charge >= 0.3 is 6.09 Å². The van der Waals surface area contributed by atoms with E-state index in [0.717, 1.165) is 0 Å². The molecule has 0 bridgehead atoms. The number of hydrogen-bond acceptors (Lipinski definition) is 2. The summed E-state index contributed by atoms with van der Waals surface area (Å²) in [6, 6.07) is -0.0365. The largest absolute Gasteiger partial charge is 0.453 e. The molecule has 1 N–H and O–H groups in total. The lowest BCUT2D eigenvalue weighted by molar-refractivity contribution is 0.164. The Bertz CT molecular complexity index is 239. The number of amides is 1. The molecule has 1 fully saturated rings. The maximum absolute atomic E-state index is 12.1. The van der Waals surface area contributed by atoms with Crippen molar-refractivity contribution in [3.63, 3.8) is 0 Å². The van der Waals surface area contributed by atoms with Gasteiger partial charge in [0, 0.05) is 6.04 Å². The molecule has 0 aromatic rings. The Morgan fingerprint density at radius 3 is 2.43 bits per heavy atom. The number of carbonyl (C=O) groups excluding carboxylic acids is 1. The van der Waals surface area contributed by atoms with Gasteiger partial charge in [-0.15, -0.1) is 0 Å². The quantitative estimate of drug-likeness (QED) is 0.714. The molecule has 0 atom stereocenters. The van der Waals surface area contributed by atoms with E-state index in [9.17, 15) is 13.6 Å². The molecule has 0 aromatic heterocycles. The molecule has 1 aliphatic carbocycles. The van der Waals surface area contributed by atoms with E-state index >= 15 is 0 Å². The molecule has 0 spiro atoms. The number of methoxy groups -OCH3 is 1. The fourth-order valence-electron chi connectivity index (χ4n) is 1.53. The first-order valence-electron chi connectivity index (χ1n) is 4.51. The van der Waals surface area contributed by atoms with Crippen LogP contribution in [0.15, 0.2) is 11.7 Å². The van der Waals surface area contributed by atoms with Crippen molar-refractivity contribution < 1.29 is 18.3 Å². The molecular weight excluding hydrogens is 192 g/mol. The van der Waals surface area contributed by atoms with E-state index in [1.807, 2.05) is 0 Å². The van der Waals surface area contributed by atoms with Crippen LogP contribution in [0.25, 0.3) is 0 Å². The van der Waals surface area contributed by atoms with E-state index in [2.05, 4.69) is 10.1 Å². The van der Waals surface area contributed by atoms with E-state index in [1.165, 1.54) is 7.11 Å². The van der Waals surface area contributed by atoms with E-state index in [1.54, 1.807) is 0 Å². The summed E-state index contributed by atoms with van der Waals surface area (Å²) in [5, 5.41) is 2.60. The standard InChI is InChI=1S/C9H13F2NO2/c1-14-9(13)12-7-4-2-6(3-5-7)8(10)11/h7H,2-5H2,1H3,(H,12,13). The highest BCUT2D eigenvalue weighted by Gasteiger charge is 2.20. The first-order valence-corrected chi connectivity index (χ1v) is 4.51. The molecule has 1 saturated carbocycles. The number of hydrogen-bond donors (Lipinski definition) is 1. The number of halogens is 2. The number of alkyl carbamates (subject to hydrolysis) is 1. The third kappa shape index (κ3) is 2.97. The molecule has 0 heterocycles. The van der Waals surface area contributed by atoms with Crippen LogP contribution in [0.1, 0.15) is 25.7 Å². The van der Waals surface area contributed by atoms with Gasteiger partial charge in [-0.05, 0) is 31.3 Å². The Labute approximate surface area is 81.1 Å². The zero-order chi connectivity index (χ0) is 10.6. The number of carbonyl (C=O) groups is 1. The molecule has 0 saturated heterocycles. The Morgan fingerprint density at radius 2 is 2.00 bits per heavy atom. The van der Waals surface area contributed by atoms with Crippen molar-refractivity contribution in [1.29, 1.82) is 0 Å². The molecule has 1 rings (SSSR count). The molecule has 3 nitrogen and oxygen atoms in total. The van der Waals surface area contributed by atoms with Gasteiger partial charge in [-0.25, -0.2) is 4.79 Å². The zero-order valence-corrected chi connectivity index (χ0v) is 7.98. The summed E-state index contributed by atoms with van der Waals surface area (Å²) in [7, 11) is 1.28. The summed E-state index contributed by atoms with van der Waals surface area (Å²) < 4.78 is 28.7. The number of rotatable bonds is 1. The van der Waals surface area contributed by atoms with Crippen LogP contribution in [0.3, 0.4) is 0 Å². The molecule has 0 aromatic carbocycles. The maximum atomic E-state index is 12.1. The highest BCUT2D eigenvalue weighted by Crippen LogP contribution is 2.27. The summed E-state index contributed by atoms with van der Waals surface area (Å²) in [5.41, 5.74) is 0.216.